The van der Waals surface area contributed by atoms with Crippen molar-refractivity contribution in [3.63, 3.8) is 0 Å². The van der Waals surface area contributed by atoms with Crippen molar-refractivity contribution in [2.75, 3.05) is 0 Å². The molecule has 0 fully saturated rings. The zero-order valence-electron chi connectivity index (χ0n) is 10.1. The fourth-order valence-corrected chi connectivity index (χ4v) is 2.83. The van der Waals surface area contributed by atoms with Crippen molar-refractivity contribution in [2.24, 2.45) is 7.05 Å². The van der Waals surface area contributed by atoms with Gasteiger partial charge in [0.1, 0.15) is 12.2 Å². The molecule has 0 N–H and O–H groups in total. The number of aryl methyl sites for hydroxylation is 1. The van der Waals surface area contributed by atoms with Gasteiger partial charge in [0.25, 0.3) is 0 Å². The first-order valence-electron chi connectivity index (χ1n) is 5.43. The molecule has 2 aromatic heterocycles. The van der Waals surface area contributed by atoms with Crippen LogP contribution in [0.5, 0.6) is 0 Å². The summed E-state index contributed by atoms with van der Waals surface area (Å²) in [4.78, 5) is 8.39. The second kappa shape index (κ2) is 5.27. The van der Waals surface area contributed by atoms with E-state index in [9.17, 15) is 0 Å². The van der Waals surface area contributed by atoms with Gasteiger partial charge >= 0.3 is 0 Å². The van der Waals surface area contributed by atoms with Gasteiger partial charge in [0.05, 0.1) is 10.9 Å². The van der Waals surface area contributed by atoms with E-state index in [2.05, 4.69) is 34.0 Å². The summed E-state index contributed by atoms with van der Waals surface area (Å²) < 4.78 is 1.95. The number of thioether (sulfide) groups is 1. The molecule has 2 atom stereocenters. The van der Waals surface area contributed by atoms with Crippen LogP contribution >= 0.6 is 11.8 Å². The monoisotopic (exact) mass is 249 g/mol. The van der Waals surface area contributed by atoms with Gasteiger partial charge in [-0.1, -0.05) is 0 Å². The molecule has 0 aromatic carbocycles. The number of hydrogen-bond donors (Lipinski definition) is 0. The molecule has 90 valence electrons. The highest BCUT2D eigenvalue weighted by Gasteiger charge is 2.17. The average Bonchev–Trinajstić information content (AvgIpc) is 2.76. The van der Waals surface area contributed by atoms with E-state index in [1.807, 2.05) is 11.6 Å². The van der Waals surface area contributed by atoms with E-state index in [1.165, 1.54) is 0 Å². The molecule has 0 saturated carbocycles. The quantitative estimate of drug-likeness (QED) is 0.831. The number of hydrogen-bond acceptors (Lipinski definition) is 5. The molecule has 17 heavy (non-hydrogen) atoms. The van der Waals surface area contributed by atoms with E-state index < -0.39 is 0 Å². The fourth-order valence-electron chi connectivity index (χ4n) is 1.62. The Morgan fingerprint density at radius 3 is 2.65 bits per heavy atom. The van der Waals surface area contributed by atoms with Crippen LogP contribution in [-0.2, 0) is 7.05 Å². The minimum Gasteiger partial charge on any atom is -0.320 e. The minimum absolute atomic E-state index is 0.277. The van der Waals surface area contributed by atoms with Gasteiger partial charge in [0, 0.05) is 30.9 Å². The third kappa shape index (κ3) is 2.82. The highest BCUT2D eigenvalue weighted by Crippen LogP contribution is 2.37. The van der Waals surface area contributed by atoms with Crippen LogP contribution < -0.4 is 0 Å². The van der Waals surface area contributed by atoms with Gasteiger partial charge in [0.2, 0.25) is 0 Å². The van der Waals surface area contributed by atoms with Gasteiger partial charge in [-0.2, -0.15) is 0 Å². The molecule has 0 aliphatic heterocycles. The lowest BCUT2D eigenvalue weighted by Crippen LogP contribution is -2.02. The Kier molecular flexibility index (Phi) is 3.73. The number of rotatable bonds is 4. The van der Waals surface area contributed by atoms with Gasteiger partial charge in [-0.15, -0.1) is 22.0 Å². The normalized spacial score (nSPS) is 14.5. The molecule has 2 heterocycles. The highest BCUT2D eigenvalue weighted by molar-refractivity contribution is 7.99. The van der Waals surface area contributed by atoms with Crippen molar-refractivity contribution < 1.29 is 0 Å². The molecule has 0 radical (unpaired) electrons. The van der Waals surface area contributed by atoms with E-state index in [-0.39, 0.29) is 10.5 Å². The summed E-state index contributed by atoms with van der Waals surface area (Å²) in [6, 6.07) is 0. The van der Waals surface area contributed by atoms with Crippen LogP contribution in [0.4, 0.5) is 0 Å². The Bertz CT molecular complexity index is 470. The van der Waals surface area contributed by atoms with E-state index >= 15 is 0 Å². The summed E-state index contributed by atoms with van der Waals surface area (Å²) in [6.45, 7) is 4.25. The Balaban J connectivity index is 2.05. The lowest BCUT2D eigenvalue weighted by atomic mass is 10.3. The van der Waals surface area contributed by atoms with E-state index in [1.54, 1.807) is 36.7 Å². The molecular weight excluding hydrogens is 234 g/mol. The van der Waals surface area contributed by atoms with Crippen LogP contribution in [0.3, 0.4) is 0 Å². The molecule has 5 nitrogen and oxygen atoms in total. The van der Waals surface area contributed by atoms with Gasteiger partial charge in [0.15, 0.2) is 0 Å². The van der Waals surface area contributed by atoms with Gasteiger partial charge in [-0.3, -0.25) is 9.97 Å². The summed E-state index contributed by atoms with van der Waals surface area (Å²) in [5.74, 6) is 0.978. The van der Waals surface area contributed by atoms with Gasteiger partial charge in [-0.05, 0) is 13.8 Å². The summed E-state index contributed by atoms with van der Waals surface area (Å²) in [6.07, 6.45) is 6.94. The van der Waals surface area contributed by atoms with E-state index in [0.29, 0.717) is 0 Å². The van der Waals surface area contributed by atoms with E-state index in [0.717, 1.165) is 11.5 Å². The Labute approximate surface area is 105 Å². The van der Waals surface area contributed by atoms with E-state index in [4.69, 9.17) is 0 Å². The summed E-state index contributed by atoms with van der Waals surface area (Å²) in [7, 11) is 1.96. The first-order valence-corrected chi connectivity index (χ1v) is 6.38. The molecule has 6 heteroatoms. The summed E-state index contributed by atoms with van der Waals surface area (Å²) in [5, 5.41) is 8.58. The molecule has 0 bridgehead atoms. The molecule has 2 unspecified atom stereocenters. The van der Waals surface area contributed by atoms with Crippen LogP contribution in [0.25, 0.3) is 0 Å². The fraction of sp³-hybridized carbons (Fsp3) is 0.455. The lowest BCUT2D eigenvalue weighted by Gasteiger charge is -2.15. The van der Waals surface area contributed by atoms with Crippen molar-refractivity contribution in [1.29, 1.82) is 0 Å². The van der Waals surface area contributed by atoms with Crippen LogP contribution in [0.15, 0.2) is 24.9 Å². The molecular formula is C11H15N5S. The molecule has 0 saturated heterocycles. The zero-order chi connectivity index (χ0) is 12.3. The standard InChI is InChI=1S/C11H15N5S/c1-8(10-6-12-4-5-13-10)17-9(2)11-15-14-7-16(11)3/h4-9H,1-3H3. The zero-order valence-corrected chi connectivity index (χ0v) is 10.9. The van der Waals surface area contributed by atoms with Gasteiger partial charge < -0.3 is 4.57 Å². The maximum absolute atomic E-state index is 4.31. The largest absolute Gasteiger partial charge is 0.320 e. The van der Waals surface area contributed by atoms with Crippen LogP contribution in [0.2, 0.25) is 0 Å². The topological polar surface area (TPSA) is 56.5 Å². The molecule has 2 aromatic rings. The highest BCUT2D eigenvalue weighted by atomic mass is 32.2. The minimum atomic E-state index is 0.277. The van der Waals surface area contributed by atoms with Crippen molar-refractivity contribution in [2.45, 2.75) is 24.3 Å². The SMILES string of the molecule is CC(SC(C)c1nncn1C)c1cnccn1. The summed E-state index contributed by atoms with van der Waals surface area (Å²) in [5.41, 5.74) is 0.992. The molecule has 2 rings (SSSR count). The maximum atomic E-state index is 4.31. The smallest absolute Gasteiger partial charge is 0.145 e. The lowest BCUT2D eigenvalue weighted by molar-refractivity contribution is 0.792. The second-order valence-corrected chi connectivity index (χ2v) is 5.54. The predicted molar refractivity (Wildman–Crippen MR) is 67.5 cm³/mol. The number of aromatic nitrogens is 5. The molecule has 0 aliphatic carbocycles. The first kappa shape index (κ1) is 12.0. The second-order valence-electron chi connectivity index (χ2n) is 3.85. The molecule has 0 spiro atoms. The maximum Gasteiger partial charge on any atom is 0.145 e. The Hall–Kier alpha value is -1.43. The molecule has 0 aliphatic rings. The van der Waals surface area contributed by atoms with Crippen LogP contribution in [0, 0.1) is 0 Å². The predicted octanol–water partition coefficient (Wildman–Crippen LogP) is 2.16. The number of nitrogens with zero attached hydrogens (tertiary/aromatic N) is 5. The van der Waals surface area contributed by atoms with Crippen LogP contribution in [-0.4, -0.2) is 24.7 Å². The van der Waals surface area contributed by atoms with Crippen molar-refractivity contribution in [3.05, 3.63) is 36.4 Å². The third-order valence-electron chi connectivity index (χ3n) is 2.52. The summed E-state index contributed by atoms with van der Waals surface area (Å²) >= 11 is 1.80. The Morgan fingerprint density at radius 2 is 2.06 bits per heavy atom. The van der Waals surface area contributed by atoms with Crippen LogP contribution in [0.1, 0.15) is 35.9 Å². The Morgan fingerprint density at radius 1 is 1.24 bits per heavy atom. The molecule has 0 amide bonds. The van der Waals surface area contributed by atoms with Crippen molar-refractivity contribution >= 4 is 11.8 Å². The average molecular weight is 249 g/mol. The first-order chi connectivity index (χ1) is 8.18. The third-order valence-corrected chi connectivity index (χ3v) is 3.79. The van der Waals surface area contributed by atoms with Crippen molar-refractivity contribution in [3.8, 4) is 0 Å². The van der Waals surface area contributed by atoms with Gasteiger partial charge in [-0.25, -0.2) is 0 Å². The van der Waals surface area contributed by atoms with Crippen molar-refractivity contribution in [1.82, 2.24) is 24.7 Å².